The summed E-state index contributed by atoms with van der Waals surface area (Å²) >= 11 is 0. The average molecular weight is 1570 g/mol. The van der Waals surface area contributed by atoms with E-state index in [9.17, 15) is 0 Å². The highest BCUT2D eigenvalue weighted by atomic mass is 15.2. The Morgan fingerprint density at radius 3 is 1.00 bits per heavy atom. The van der Waals surface area contributed by atoms with Gasteiger partial charge in [-0.1, -0.05) is 299 Å². The molecule has 0 spiro atoms. The number of imidazole rings is 3. The summed E-state index contributed by atoms with van der Waals surface area (Å²) in [6, 6.07) is 52.7. The predicted molar refractivity (Wildman–Crippen MR) is 497 cm³/mol. The molecule has 0 unspecified atom stereocenters. The van der Waals surface area contributed by atoms with Crippen LogP contribution in [0.15, 0.2) is 146 Å². The molecule has 14 heteroatoms. The van der Waals surface area contributed by atoms with Gasteiger partial charge in [-0.3, -0.25) is 14.8 Å². The molecule has 12 aromatic rings. The van der Waals surface area contributed by atoms with Crippen LogP contribution in [0, 0.1) is 5.41 Å². The smallest absolute Gasteiger partial charge is 0.152 e. The van der Waals surface area contributed by atoms with Gasteiger partial charge in [-0.05, 0) is 163 Å². The number of nitrogens with zero attached hydrogens (tertiary/aromatic N) is 11. The molecule has 0 aliphatic heterocycles. The molecule has 12 rings (SSSR count). The lowest BCUT2D eigenvalue weighted by molar-refractivity contribution is 0.124. The number of nitrogens with two attached hydrogens (primary N) is 2. The monoisotopic (exact) mass is 1570 g/mol. The van der Waals surface area contributed by atoms with Gasteiger partial charge in [-0.15, -0.1) is 0 Å². The van der Waals surface area contributed by atoms with E-state index in [1.54, 1.807) is 0 Å². The molecule has 0 bridgehead atoms. The van der Waals surface area contributed by atoms with Gasteiger partial charge in [0.1, 0.15) is 34.0 Å². The van der Waals surface area contributed by atoms with E-state index in [2.05, 4.69) is 264 Å². The number of unbranched alkanes of at least 4 members (excludes halogenated alkanes) is 17. The van der Waals surface area contributed by atoms with Crippen LogP contribution in [0.4, 0.5) is 11.6 Å². The van der Waals surface area contributed by atoms with Gasteiger partial charge in [0.15, 0.2) is 11.6 Å². The number of hydrogen-bond donors (Lipinski definition) is 3. The largest absolute Gasteiger partial charge is 0.382 e. The van der Waals surface area contributed by atoms with Crippen molar-refractivity contribution in [3.63, 3.8) is 0 Å². The zero-order valence-corrected chi connectivity index (χ0v) is 74.4. The lowest BCUT2D eigenvalue weighted by Gasteiger charge is -2.36. The molecule has 14 nitrogen and oxygen atoms in total. The number of aryl methyl sites for hydroxylation is 3. The van der Waals surface area contributed by atoms with Gasteiger partial charge >= 0.3 is 0 Å². The number of benzene rings is 6. The second-order valence-corrected chi connectivity index (χ2v) is 36.3. The van der Waals surface area contributed by atoms with E-state index in [-0.39, 0.29) is 16.5 Å². The van der Waals surface area contributed by atoms with Crippen LogP contribution in [0.2, 0.25) is 0 Å². The first-order valence-electron chi connectivity index (χ1n) is 45.3. The third-order valence-electron chi connectivity index (χ3n) is 23.2. The van der Waals surface area contributed by atoms with Crippen LogP contribution in [0.1, 0.15) is 308 Å². The number of rotatable bonds is 42. The molecule has 0 aliphatic rings. The van der Waals surface area contributed by atoms with Gasteiger partial charge in [0.2, 0.25) is 0 Å². The summed E-state index contributed by atoms with van der Waals surface area (Å²) in [5, 5.41) is 7.07. The fraction of sp³-hybridized carbons (Fsp3) is 0.529. The number of anilines is 2. The van der Waals surface area contributed by atoms with Crippen LogP contribution >= 0.6 is 0 Å². The standard InChI is InChI=1S/C35H50N4.C34H49N5.C33H47N5/c1-6-8-10-11-12-15-23-36-25-27-19-21-28(22-20-27)26-39-32(18-9-7-2)38-33-31(24-35(3,4)5)37-30-17-14-13-16-29(30)34(33)39;1-6-8-10-11-12-15-23-38(34(3,4)5)24-26-19-21-27(22-20-26)25-39-30(18-9-7-2)37-31-32(39)28-16-13-14-17-29(28)36-33(31)35;1-6-8-10-11-14-22-37(33(3,4)5)23-25-18-20-26(21-19-25)24-38-29(17-9-7-2)36-30-31(38)27-15-12-13-16-28(27)35-32(30)34/h13-14,16-17,19-22,36H,6-12,15,18,23-26H2,1-5H3;13-14,16-17,19-22H,6-12,15,18,23-25H2,1-5H3,(H2,35,36);12-13,15-16,18-21H,6-11,14,17,22-24H2,1-5H3,(H2,34,35). The predicted octanol–water partition coefficient (Wildman–Crippen LogP) is 25.7. The van der Waals surface area contributed by atoms with Crippen molar-refractivity contribution in [3.8, 4) is 0 Å². The minimum atomic E-state index is 0.147. The molecule has 0 amide bonds. The fourth-order valence-corrected chi connectivity index (χ4v) is 16.3. The molecule has 0 aliphatic carbocycles. The van der Waals surface area contributed by atoms with Crippen LogP contribution in [-0.4, -0.2) is 84.1 Å². The quantitative estimate of drug-likeness (QED) is 0.0312. The van der Waals surface area contributed by atoms with E-state index in [4.69, 9.17) is 31.4 Å². The van der Waals surface area contributed by atoms with Gasteiger partial charge in [0.05, 0.1) is 38.8 Å². The first-order valence-corrected chi connectivity index (χ1v) is 45.3. The second kappa shape index (κ2) is 44.3. The highest BCUT2D eigenvalue weighted by Crippen LogP contribution is 2.36. The molecule has 624 valence electrons. The zero-order valence-electron chi connectivity index (χ0n) is 74.4. The van der Waals surface area contributed by atoms with Crippen molar-refractivity contribution in [1.29, 1.82) is 0 Å². The van der Waals surface area contributed by atoms with Crippen LogP contribution in [0.25, 0.3) is 65.8 Å². The lowest BCUT2D eigenvalue weighted by Crippen LogP contribution is -2.41. The molecule has 0 radical (unpaired) electrons. The van der Waals surface area contributed by atoms with Crippen LogP contribution in [0.5, 0.6) is 0 Å². The molecule has 5 N–H and O–H groups in total. The maximum absolute atomic E-state index is 6.40. The highest BCUT2D eigenvalue weighted by Gasteiger charge is 2.26. The molecule has 116 heavy (non-hydrogen) atoms. The second-order valence-electron chi connectivity index (χ2n) is 36.3. The number of fused-ring (bicyclic) bond motifs is 9. The molecule has 0 atom stereocenters. The number of para-hydroxylation sites is 3. The van der Waals surface area contributed by atoms with Crippen molar-refractivity contribution in [3.05, 3.63) is 202 Å². The SMILES string of the molecule is CCCCCCCCN(Cc1ccc(Cn2c(CCCC)nc3c(N)nc4ccccc4c32)cc1)C(C)(C)C.CCCCCCCCNCc1ccc(Cn2c(CCCC)nc3c(CC(C)(C)C)nc4ccccc4c32)cc1.CCCCCCCN(Cc1ccc(Cn2c(CCCC)nc3c(N)nc4ccccc4c32)cc1)C(C)(C)C. The summed E-state index contributed by atoms with van der Waals surface area (Å²) in [5.74, 6) is 4.41. The first-order chi connectivity index (χ1) is 56.0. The Morgan fingerprint density at radius 1 is 0.328 bits per heavy atom. The topological polar surface area (TPSA) is 163 Å². The Balaban J connectivity index is 0.000000184. The van der Waals surface area contributed by atoms with Crippen LogP contribution < -0.4 is 16.8 Å². The van der Waals surface area contributed by atoms with Gasteiger partial charge < -0.3 is 30.5 Å². The van der Waals surface area contributed by atoms with Crippen molar-refractivity contribution >= 4 is 77.4 Å². The first kappa shape index (κ1) is 89.8. The Morgan fingerprint density at radius 2 is 0.638 bits per heavy atom. The van der Waals surface area contributed by atoms with Crippen molar-refractivity contribution in [2.24, 2.45) is 5.41 Å². The van der Waals surface area contributed by atoms with E-state index in [1.807, 2.05) is 24.3 Å². The minimum Gasteiger partial charge on any atom is -0.382 e. The molecule has 0 saturated heterocycles. The molecule has 0 fully saturated rings. The Hall–Kier alpha value is -8.56. The molecule has 6 aromatic heterocycles. The van der Waals surface area contributed by atoms with E-state index in [0.29, 0.717) is 11.6 Å². The maximum Gasteiger partial charge on any atom is 0.152 e. The van der Waals surface area contributed by atoms with E-state index < -0.39 is 0 Å². The van der Waals surface area contributed by atoms with E-state index in [1.165, 1.54) is 159 Å². The maximum atomic E-state index is 6.40. The third-order valence-corrected chi connectivity index (χ3v) is 23.2. The van der Waals surface area contributed by atoms with Gasteiger partial charge in [0, 0.05) is 85.8 Å². The molecule has 0 saturated carbocycles. The number of nitrogens with one attached hydrogen (secondary N) is 1. The highest BCUT2D eigenvalue weighted by molar-refractivity contribution is 6.08. The fourth-order valence-electron chi connectivity index (χ4n) is 16.3. The van der Waals surface area contributed by atoms with Gasteiger partial charge in [-0.25, -0.2) is 24.9 Å². The summed E-state index contributed by atoms with van der Waals surface area (Å²) < 4.78 is 7.23. The summed E-state index contributed by atoms with van der Waals surface area (Å²) in [5.41, 5.74) is 31.5. The molecular weight excluding hydrogens is 1420 g/mol. The van der Waals surface area contributed by atoms with E-state index in [0.717, 1.165) is 195 Å². The molecule has 6 heterocycles. The van der Waals surface area contributed by atoms with E-state index >= 15 is 0 Å². The molecule has 6 aromatic carbocycles. The zero-order chi connectivity index (χ0) is 82.6. The molecular formula is C102H146N14. The summed E-state index contributed by atoms with van der Waals surface area (Å²) in [7, 11) is 0. The van der Waals surface area contributed by atoms with Crippen molar-refractivity contribution in [2.45, 2.75) is 328 Å². The third kappa shape index (κ3) is 25.5. The van der Waals surface area contributed by atoms with Crippen LogP contribution in [-0.2, 0) is 65.0 Å². The number of aromatic nitrogens is 9. The Labute approximate surface area is 698 Å². The van der Waals surface area contributed by atoms with Crippen LogP contribution in [0.3, 0.4) is 0 Å². The summed E-state index contributed by atoms with van der Waals surface area (Å²) in [6.45, 7) is 43.2. The van der Waals surface area contributed by atoms with Crippen molar-refractivity contribution in [2.75, 3.05) is 31.1 Å². The summed E-state index contributed by atoms with van der Waals surface area (Å²) in [4.78, 5) is 34.9. The Bertz CT molecular complexity index is 4940. The van der Waals surface area contributed by atoms with Crippen molar-refractivity contribution < 1.29 is 0 Å². The Kier molecular flexibility index (Phi) is 34.3. The van der Waals surface area contributed by atoms with Crippen molar-refractivity contribution in [1.82, 2.24) is 58.7 Å². The number of nitrogen functional groups attached to an aromatic ring is 2. The minimum absolute atomic E-state index is 0.147. The lowest BCUT2D eigenvalue weighted by atomic mass is 9.89. The van der Waals surface area contributed by atoms with Gasteiger partial charge in [0.25, 0.3) is 0 Å². The van der Waals surface area contributed by atoms with Gasteiger partial charge in [-0.2, -0.15) is 0 Å². The average Bonchev–Trinajstić information content (AvgIpc) is 1.60. The normalized spacial score (nSPS) is 12.2. The summed E-state index contributed by atoms with van der Waals surface area (Å²) in [6.07, 6.45) is 33.3. The number of pyridine rings is 3. The number of hydrogen-bond acceptors (Lipinski definition) is 11.